The quantitative estimate of drug-likeness (QED) is 0.357. The number of hydrogen-bond acceptors (Lipinski definition) is 5. The summed E-state index contributed by atoms with van der Waals surface area (Å²) < 4.78 is 7.42. The Morgan fingerprint density at radius 1 is 1.25 bits per heavy atom. The van der Waals surface area contributed by atoms with E-state index < -0.39 is 0 Å². The topological polar surface area (TPSA) is 64.2 Å². The molecule has 0 unspecified atom stereocenters. The SMILES string of the molecule is C=CCn1c(S[C@@H](C)C(=O)N2CCC(Cc3ccccc3)CC2)nnc1-c1ccoc1C. The first-order valence-corrected chi connectivity index (χ1v) is 12.0. The van der Waals surface area contributed by atoms with Gasteiger partial charge in [0.15, 0.2) is 11.0 Å². The number of thioether (sulfide) groups is 1. The molecule has 1 aromatic carbocycles. The molecule has 0 spiro atoms. The number of carbonyl (C=O) groups excluding carboxylic acids is 1. The lowest BCUT2D eigenvalue weighted by Gasteiger charge is -2.33. The summed E-state index contributed by atoms with van der Waals surface area (Å²) in [5, 5.41) is 9.24. The maximum Gasteiger partial charge on any atom is 0.235 e. The number of hydrogen-bond donors (Lipinski definition) is 0. The lowest BCUT2D eigenvalue weighted by atomic mass is 9.90. The molecule has 1 atom stereocenters. The number of aromatic nitrogens is 3. The Morgan fingerprint density at radius 2 is 2.00 bits per heavy atom. The van der Waals surface area contributed by atoms with Crippen molar-refractivity contribution in [2.24, 2.45) is 5.92 Å². The Morgan fingerprint density at radius 3 is 2.66 bits per heavy atom. The molecule has 1 aliphatic rings. The smallest absolute Gasteiger partial charge is 0.235 e. The van der Waals surface area contributed by atoms with E-state index in [0.29, 0.717) is 12.5 Å². The molecule has 1 aliphatic heterocycles. The van der Waals surface area contributed by atoms with E-state index in [1.807, 2.05) is 35.5 Å². The van der Waals surface area contributed by atoms with Gasteiger partial charge in [-0.2, -0.15) is 0 Å². The summed E-state index contributed by atoms with van der Waals surface area (Å²) in [6.45, 7) is 9.93. The zero-order valence-corrected chi connectivity index (χ0v) is 19.6. The molecular weight excluding hydrogens is 420 g/mol. The van der Waals surface area contributed by atoms with Crippen LogP contribution in [0.1, 0.15) is 31.1 Å². The third kappa shape index (κ3) is 4.99. The average molecular weight is 451 g/mol. The Kier molecular flexibility index (Phi) is 7.15. The van der Waals surface area contributed by atoms with E-state index in [2.05, 4.69) is 47.1 Å². The molecule has 1 saturated heterocycles. The fraction of sp³-hybridized carbons (Fsp3) is 0.400. The molecule has 0 radical (unpaired) electrons. The highest BCUT2D eigenvalue weighted by Crippen LogP contribution is 2.30. The number of nitrogens with zero attached hydrogens (tertiary/aromatic N) is 4. The molecule has 1 amide bonds. The van der Waals surface area contributed by atoms with Crippen molar-refractivity contribution in [2.45, 2.75) is 50.1 Å². The van der Waals surface area contributed by atoms with Crippen molar-refractivity contribution in [2.75, 3.05) is 13.1 Å². The largest absolute Gasteiger partial charge is 0.469 e. The zero-order chi connectivity index (χ0) is 22.5. The minimum Gasteiger partial charge on any atom is -0.469 e. The molecule has 3 heterocycles. The normalized spacial score (nSPS) is 15.6. The molecule has 6 nitrogen and oxygen atoms in total. The number of piperidine rings is 1. The minimum atomic E-state index is -0.230. The van der Waals surface area contributed by atoms with Crippen LogP contribution in [0.25, 0.3) is 11.4 Å². The number of benzene rings is 1. The van der Waals surface area contributed by atoms with Gasteiger partial charge in [-0.05, 0) is 50.7 Å². The van der Waals surface area contributed by atoms with E-state index in [9.17, 15) is 4.79 Å². The Hall–Kier alpha value is -2.80. The highest BCUT2D eigenvalue weighted by Gasteiger charge is 2.28. The van der Waals surface area contributed by atoms with Crippen LogP contribution in [0.3, 0.4) is 0 Å². The van der Waals surface area contributed by atoms with Crippen LogP contribution in [0, 0.1) is 12.8 Å². The molecule has 0 bridgehead atoms. The van der Waals surface area contributed by atoms with E-state index >= 15 is 0 Å². The number of carbonyl (C=O) groups is 1. The summed E-state index contributed by atoms with van der Waals surface area (Å²) in [7, 11) is 0. The maximum atomic E-state index is 13.1. The first-order valence-electron chi connectivity index (χ1n) is 11.1. The fourth-order valence-electron chi connectivity index (χ4n) is 4.26. The predicted octanol–water partition coefficient (Wildman–Crippen LogP) is 4.99. The van der Waals surface area contributed by atoms with Crippen molar-refractivity contribution in [1.82, 2.24) is 19.7 Å². The molecule has 2 aromatic heterocycles. The van der Waals surface area contributed by atoms with E-state index in [4.69, 9.17) is 4.42 Å². The van der Waals surface area contributed by atoms with Crippen molar-refractivity contribution in [1.29, 1.82) is 0 Å². The van der Waals surface area contributed by atoms with Crippen molar-refractivity contribution in [3.05, 3.63) is 66.6 Å². The highest BCUT2D eigenvalue weighted by molar-refractivity contribution is 8.00. The average Bonchev–Trinajstić information content (AvgIpc) is 3.40. The van der Waals surface area contributed by atoms with Crippen molar-refractivity contribution < 1.29 is 9.21 Å². The second-order valence-electron chi connectivity index (χ2n) is 8.31. The second-order valence-corrected chi connectivity index (χ2v) is 9.62. The summed E-state index contributed by atoms with van der Waals surface area (Å²) in [6.07, 6.45) is 6.66. The van der Waals surface area contributed by atoms with Gasteiger partial charge in [-0.15, -0.1) is 16.8 Å². The molecule has 1 fully saturated rings. The number of furan rings is 1. The Balaban J connectivity index is 1.37. The minimum absolute atomic E-state index is 0.169. The van der Waals surface area contributed by atoms with Gasteiger partial charge in [0.25, 0.3) is 0 Å². The first kappa shape index (κ1) is 22.4. The van der Waals surface area contributed by atoms with Gasteiger partial charge in [0.2, 0.25) is 5.91 Å². The van der Waals surface area contributed by atoms with Crippen molar-refractivity contribution >= 4 is 17.7 Å². The van der Waals surface area contributed by atoms with Gasteiger partial charge in [0, 0.05) is 19.6 Å². The standard InChI is InChI=1S/C25H30N4O2S/c1-4-13-29-23(22-12-16-31-18(22)2)26-27-25(29)32-19(3)24(30)28-14-10-21(11-15-28)17-20-8-6-5-7-9-20/h4-9,12,16,19,21H,1,10-11,13-15,17H2,2-3H3/t19-/m0/s1. The summed E-state index contributed by atoms with van der Waals surface area (Å²) in [6, 6.07) is 12.5. The predicted molar refractivity (Wildman–Crippen MR) is 127 cm³/mol. The van der Waals surface area contributed by atoms with Crippen LogP contribution >= 0.6 is 11.8 Å². The summed E-state index contributed by atoms with van der Waals surface area (Å²) in [5.74, 6) is 2.34. The van der Waals surface area contributed by atoms with E-state index in [1.54, 1.807) is 6.26 Å². The third-order valence-electron chi connectivity index (χ3n) is 6.05. The molecule has 0 saturated carbocycles. The summed E-state index contributed by atoms with van der Waals surface area (Å²) >= 11 is 1.46. The lowest BCUT2D eigenvalue weighted by molar-refractivity contribution is -0.131. The number of rotatable bonds is 8. The number of amides is 1. The molecule has 168 valence electrons. The molecule has 4 rings (SSSR count). The first-order chi connectivity index (χ1) is 15.6. The molecule has 0 aliphatic carbocycles. The van der Waals surface area contributed by atoms with Crippen molar-refractivity contribution in [3.63, 3.8) is 0 Å². The van der Waals surface area contributed by atoms with Gasteiger partial charge in [-0.1, -0.05) is 48.2 Å². The van der Waals surface area contributed by atoms with Gasteiger partial charge < -0.3 is 9.32 Å². The number of aryl methyl sites for hydroxylation is 1. The van der Waals surface area contributed by atoms with Crippen LogP contribution in [0.2, 0.25) is 0 Å². The Bertz CT molecular complexity index is 1050. The number of likely N-dealkylation sites (tertiary alicyclic amines) is 1. The third-order valence-corrected chi connectivity index (χ3v) is 7.12. The van der Waals surface area contributed by atoms with Crippen LogP contribution < -0.4 is 0 Å². The second kappa shape index (κ2) is 10.2. The monoisotopic (exact) mass is 450 g/mol. The van der Waals surface area contributed by atoms with Gasteiger partial charge in [0.05, 0.1) is 17.1 Å². The Labute approximate surface area is 193 Å². The molecule has 0 N–H and O–H groups in total. The van der Waals surface area contributed by atoms with Crippen LogP contribution in [0.4, 0.5) is 0 Å². The fourth-order valence-corrected chi connectivity index (χ4v) is 5.20. The highest BCUT2D eigenvalue weighted by atomic mass is 32.2. The molecule has 3 aromatic rings. The van der Waals surface area contributed by atoms with Gasteiger partial charge in [0.1, 0.15) is 5.76 Å². The zero-order valence-electron chi connectivity index (χ0n) is 18.7. The van der Waals surface area contributed by atoms with Crippen LogP contribution in [-0.4, -0.2) is 43.9 Å². The molecule has 32 heavy (non-hydrogen) atoms. The van der Waals surface area contributed by atoms with Crippen LogP contribution in [0.5, 0.6) is 0 Å². The lowest BCUT2D eigenvalue weighted by Crippen LogP contribution is -2.42. The van der Waals surface area contributed by atoms with Gasteiger partial charge >= 0.3 is 0 Å². The van der Waals surface area contributed by atoms with Crippen molar-refractivity contribution in [3.8, 4) is 11.4 Å². The summed E-state index contributed by atoms with van der Waals surface area (Å²) in [5.41, 5.74) is 2.29. The maximum absolute atomic E-state index is 13.1. The summed E-state index contributed by atoms with van der Waals surface area (Å²) in [4.78, 5) is 15.1. The van der Waals surface area contributed by atoms with Gasteiger partial charge in [-0.25, -0.2) is 0 Å². The van der Waals surface area contributed by atoms with Crippen LogP contribution in [-0.2, 0) is 17.8 Å². The van der Waals surface area contributed by atoms with E-state index in [1.165, 1.54) is 17.3 Å². The number of allylic oxidation sites excluding steroid dienone is 1. The van der Waals surface area contributed by atoms with E-state index in [0.717, 1.165) is 54.7 Å². The van der Waals surface area contributed by atoms with Gasteiger partial charge in [-0.3, -0.25) is 9.36 Å². The molecule has 7 heteroatoms. The van der Waals surface area contributed by atoms with E-state index in [-0.39, 0.29) is 11.2 Å². The van der Waals surface area contributed by atoms with Crippen LogP contribution in [0.15, 0.2) is 64.9 Å². The molecular formula is C25H30N4O2S.